The molecule has 0 atom stereocenters. The van der Waals surface area contributed by atoms with Crippen LogP contribution < -0.4 is 16.0 Å². The summed E-state index contributed by atoms with van der Waals surface area (Å²) in [5, 5.41) is 2.90. The van der Waals surface area contributed by atoms with Gasteiger partial charge in [-0.25, -0.2) is 0 Å². The molecule has 1 fully saturated rings. The number of carbonyl (C=O) groups is 2. The van der Waals surface area contributed by atoms with Crippen LogP contribution in [0, 0.1) is 0 Å². The van der Waals surface area contributed by atoms with Crippen LogP contribution in [0.15, 0.2) is 42.5 Å². The SMILES string of the molecule is CCN(CC)CCN(C)Cc1cccc(C(=O)Nc2ccc(N3CCCCC3)cc2C(N)=O)c1. The van der Waals surface area contributed by atoms with E-state index in [0.29, 0.717) is 16.8 Å². The highest BCUT2D eigenvalue weighted by molar-refractivity contribution is 6.09. The van der Waals surface area contributed by atoms with E-state index in [-0.39, 0.29) is 5.91 Å². The molecule has 0 saturated carbocycles. The fourth-order valence-corrected chi connectivity index (χ4v) is 4.44. The number of amides is 2. The van der Waals surface area contributed by atoms with Crippen LogP contribution in [-0.2, 0) is 6.54 Å². The molecule has 1 saturated heterocycles. The highest BCUT2D eigenvalue weighted by Gasteiger charge is 2.17. The van der Waals surface area contributed by atoms with Crippen molar-refractivity contribution in [3.05, 3.63) is 59.2 Å². The van der Waals surface area contributed by atoms with Crippen LogP contribution >= 0.6 is 0 Å². The van der Waals surface area contributed by atoms with Crippen molar-refractivity contribution < 1.29 is 9.59 Å². The first-order chi connectivity index (χ1) is 16.4. The molecule has 184 valence electrons. The highest BCUT2D eigenvalue weighted by atomic mass is 16.2. The molecule has 0 spiro atoms. The number of nitrogens with zero attached hydrogens (tertiary/aromatic N) is 3. The van der Waals surface area contributed by atoms with Crippen molar-refractivity contribution in [1.29, 1.82) is 0 Å². The van der Waals surface area contributed by atoms with Crippen LogP contribution in [0.3, 0.4) is 0 Å². The number of anilines is 2. The van der Waals surface area contributed by atoms with Gasteiger partial charge in [0, 0.05) is 44.0 Å². The Bertz CT molecular complexity index is 967. The van der Waals surface area contributed by atoms with Crippen molar-refractivity contribution in [1.82, 2.24) is 9.80 Å². The summed E-state index contributed by atoms with van der Waals surface area (Å²) >= 11 is 0. The lowest BCUT2D eigenvalue weighted by Gasteiger charge is -2.29. The molecule has 1 aliphatic rings. The van der Waals surface area contributed by atoms with Crippen LogP contribution in [0.4, 0.5) is 11.4 Å². The van der Waals surface area contributed by atoms with E-state index >= 15 is 0 Å². The number of likely N-dealkylation sites (N-methyl/N-ethyl adjacent to an activating group) is 2. The van der Waals surface area contributed by atoms with Gasteiger partial charge in [-0.3, -0.25) is 9.59 Å². The second-order valence-corrected chi connectivity index (χ2v) is 9.06. The summed E-state index contributed by atoms with van der Waals surface area (Å²) < 4.78 is 0. The van der Waals surface area contributed by atoms with E-state index in [2.05, 4.69) is 40.9 Å². The standard InChI is InChI=1S/C27H39N5O2/c1-4-31(5-2)17-16-30(3)20-21-10-9-11-22(18-21)27(34)29-25-13-12-23(19-24(25)26(28)33)32-14-7-6-8-15-32/h9-13,18-19H,4-8,14-17,20H2,1-3H3,(H2,28,33)(H,29,34). The Labute approximate surface area is 203 Å². The largest absolute Gasteiger partial charge is 0.372 e. The Morgan fingerprint density at radius 3 is 2.41 bits per heavy atom. The summed E-state index contributed by atoms with van der Waals surface area (Å²) in [6, 6.07) is 13.2. The summed E-state index contributed by atoms with van der Waals surface area (Å²) in [5.41, 5.74) is 9.05. The predicted octanol–water partition coefficient (Wildman–Crippen LogP) is 3.80. The average molecular weight is 466 g/mol. The minimum absolute atomic E-state index is 0.249. The van der Waals surface area contributed by atoms with Crippen LogP contribution in [-0.4, -0.2) is 67.9 Å². The van der Waals surface area contributed by atoms with Gasteiger partial charge in [0.25, 0.3) is 11.8 Å². The van der Waals surface area contributed by atoms with Gasteiger partial charge in [0.1, 0.15) is 0 Å². The normalized spacial score (nSPS) is 14.0. The van der Waals surface area contributed by atoms with Gasteiger partial charge in [0.15, 0.2) is 0 Å². The third-order valence-electron chi connectivity index (χ3n) is 6.57. The molecule has 2 aromatic carbocycles. The Balaban J connectivity index is 1.67. The van der Waals surface area contributed by atoms with Gasteiger partial charge in [0.2, 0.25) is 0 Å². The Morgan fingerprint density at radius 1 is 1.00 bits per heavy atom. The maximum atomic E-state index is 13.0. The van der Waals surface area contributed by atoms with Gasteiger partial charge in [-0.05, 0) is 75.3 Å². The van der Waals surface area contributed by atoms with Crippen molar-refractivity contribution in [2.45, 2.75) is 39.7 Å². The number of rotatable bonds is 11. The molecule has 1 aliphatic heterocycles. The number of hydrogen-bond acceptors (Lipinski definition) is 5. The second kappa shape index (κ2) is 12.5. The molecule has 1 heterocycles. The zero-order valence-electron chi connectivity index (χ0n) is 20.8. The molecule has 0 unspecified atom stereocenters. The summed E-state index contributed by atoms with van der Waals surface area (Å²) in [5.74, 6) is -0.793. The Hall–Kier alpha value is -2.90. The van der Waals surface area contributed by atoms with Gasteiger partial charge in [-0.2, -0.15) is 0 Å². The quantitative estimate of drug-likeness (QED) is 0.528. The molecule has 34 heavy (non-hydrogen) atoms. The average Bonchev–Trinajstić information content (AvgIpc) is 2.85. The van der Waals surface area contributed by atoms with Crippen molar-refractivity contribution in [2.75, 3.05) is 56.5 Å². The minimum atomic E-state index is -0.544. The number of hydrogen-bond donors (Lipinski definition) is 2. The molecular weight excluding hydrogens is 426 g/mol. The lowest BCUT2D eigenvalue weighted by atomic mass is 10.1. The van der Waals surface area contributed by atoms with Crippen LogP contribution in [0.2, 0.25) is 0 Å². The number of benzene rings is 2. The first kappa shape index (κ1) is 25.7. The fraction of sp³-hybridized carbons (Fsp3) is 0.481. The maximum absolute atomic E-state index is 13.0. The smallest absolute Gasteiger partial charge is 0.255 e. The zero-order valence-corrected chi connectivity index (χ0v) is 20.8. The molecule has 2 amide bonds. The first-order valence-corrected chi connectivity index (χ1v) is 12.4. The highest BCUT2D eigenvalue weighted by Crippen LogP contribution is 2.26. The molecule has 0 aliphatic carbocycles. The van der Waals surface area contributed by atoms with E-state index in [4.69, 9.17) is 5.73 Å². The predicted molar refractivity (Wildman–Crippen MR) is 140 cm³/mol. The van der Waals surface area contributed by atoms with Crippen molar-refractivity contribution in [3.8, 4) is 0 Å². The molecule has 7 nitrogen and oxygen atoms in total. The lowest BCUT2D eigenvalue weighted by molar-refractivity contribution is 0.100. The summed E-state index contributed by atoms with van der Waals surface area (Å²) in [6.45, 7) is 11.1. The second-order valence-electron chi connectivity index (χ2n) is 9.06. The molecule has 3 rings (SSSR count). The van der Waals surface area contributed by atoms with E-state index in [1.54, 1.807) is 18.2 Å². The number of carbonyl (C=O) groups excluding carboxylic acids is 2. The molecule has 0 radical (unpaired) electrons. The van der Waals surface area contributed by atoms with E-state index in [9.17, 15) is 9.59 Å². The Kier molecular flexibility index (Phi) is 9.48. The molecule has 0 bridgehead atoms. The van der Waals surface area contributed by atoms with Gasteiger partial charge in [0.05, 0.1) is 11.3 Å². The van der Waals surface area contributed by atoms with E-state index in [1.807, 2.05) is 24.3 Å². The van der Waals surface area contributed by atoms with Gasteiger partial charge >= 0.3 is 0 Å². The summed E-state index contributed by atoms with van der Waals surface area (Å²) in [6.07, 6.45) is 3.52. The number of nitrogens with two attached hydrogens (primary N) is 1. The number of piperidine rings is 1. The molecule has 7 heteroatoms. The number of primary amides is 1. The van der Waals surface area contributed by atoms with Gasteiger partial charge in [-0.15, -0.1) is 0 Å². The zero-order chi connectivity index (χ0) is 24.5. The lowest BCUT2D eigenvalue weighted by Crippen LogP contribution is -2.32. The topological polar surface area (TPSA) is 81.9 Å². The number of nitrogens with one attached hydrogen (secondary N) is 1. The van der Waals surface area contributed by atoms with E-state index < -0.39 is 5.91 Å². The van der Waals surface area contributed by atoms with Crippen molar-refractivity contribution in [2.24, 2.45) is 5.73 Å². The van der Waals surface area contributed by atoms with E-state index in [0.717, 1.165) is 69.9 Å². The monoisotopic (exact) mass is 465 g/mol. The summed E-state index contributed by atoms with van der Waals surface area (Å²) in [7, 11) is 2.10. The van der Waals surface area contributed by atoms with Crippen molar-refractivity contribution >= 4 is 23.2 Å². The maximum Gasteiger partial charge on any atom is 0.255 e. The van der Waals surface area contributed by atoms with Gasteiger partial charge in [-0.1, -0.05) is 26.0 Å². The van der Waals surface area contributed by atoms with Gasteiger partial charge < -0.3 is 25.8 Å². The summed E-state index contributed by atoms with van der Waals surface area (Å²) in [4.78, 5) is 32.1. The minimum Gasteiger partial charge on any atom is -0.372 e. The van der Waals surface area contributed by atoms with Crippen LogP contribution in [0.5, 0.6) is 0 Å². The molecule has 3 N–H and O–H groups in total. The molecule has 0 aromatic heterocycles. The molecule has 2 aromatic rings. The van der Waals surface area contributed by atoms with E-state index in [1.165, 1.54) is 6.42 Å². The van der Waals surface area contributed by atoms with Crippen LogP contribution in [0.25, 0.3) is 0 Å². The third-order valence-corrected chi connectivity index (χ3v) is 6.57. The first-order valence-electron chi connectivity index (χ1n) is 12.4. The fourth-order valence-electron chi connectivity index (χ4n) is 4.44. The van der Waals surface area contributed by atoms with Crippen LogP contribution in [0.1, 0.15) is 59.4 Å². The molecular formula is C27H39N5O2. The Morgan fingerprint density at radius 2 is 1.74 bits per heavy atom. The van der Waals surface area contributed by atoms with Crippen molar-refractivity contribution in [3.63, 3.8) is 0 Å². The third kappa shape index (κ3) is 7.05.